The predicted molar refractivity (Wildman–Crippen MR) is 66.8 cm³/mol. The Morgan fingerprint density at radius 2 is 1.67 bits per heavy atom. The lowest BCUT2D eigenvalue weighted by Crippen LogP contribution is -2.28. The second-order valence-electron chi connectivity index (χ2n) is 4.12. The maximum atomic E-state index is 12.1. The van der Waals surface area contributed by atoms with Gasteiger partial charge >= 0.3 is 0 Å². The van der Waals surface area contributed by atoms with Crippen LogP contribution in [-0.2, 0) is 12.9 Å². The van der Waals surface area contributed by atoms with E-state index < -0.39 is 35.8 Å². The maximum absolute atomic E-state index is 12.1. The second kappa shape index (κ2) is 4.29. The van der Waals surface area contributed by atoms with Crippen molar-refractivity contribution >= 4 is 31.0 Å². The first kappa shape index (κ1) is 12.8. The lowest BCUT2D eigenvalue weighted by atomic mass is 10.3. The molecule has 84 valence electrons. The zero-order valence-corrected chi connectivity index (χ0v) is 11.8. The largest absolute Gasteiger partial charge is 0.265 e. The monoisotopic (exact) mass is 340 g/mol. The van der Waals surface area contributed by atoms with E-state index in [0.29, 0.717) is 3.57 Å². The number of sulfone groups is 1. The molecule has 0 fully saturated rings. The summed E-state index contributed by atoms with van der Waals surface area (Å²) < 4.78 is 34.8. The summed E-state index contributed by atoms with van der Waals surface area (Å²) in [7, 11) is -3.39. The summed E-state index contributed by atoms with van der Waals surface area (Å²) in [4.78, 5) is 0.209. The zero-order valence-electron chi connectivity index (χ0n) is 8.82. The Bertz CT molecular complexity index is 472. The Morgan fingerprint density at radius 1 is 1.13 bits per heavy atom. The third-order valence-electron chi connectivity index (χ3n) is 2.02. The van der Waals surface area contributed by atoms with Crippen molar-refractivity contribution in [2.75, 3.05) is 0 Å². The van der Waals surface area contributed by atoms with Crippen LogP contribution in [0.2, 0.25) is 0 Å². The van der Waals surface area contributed by atoms with Crippen LogP contribution in [0.5, 0.6) is 0 Å². The van der Waals surface area contributed by atoms with Gasteiger partial charge in [-0.1, -0.05) is 12.1 Å². The quantitative estimate of drug-likeness (QED) is 0.778. The smallest absolute Gasteiger partial charge is 0.184 e. The highest BCUT2D eigenvalue weighted by atomic mass is 127. The minimum atomic E-state index is -3.39. The standard InChI is InChI=1S/C10H13IO3S/c1-10(2,3)15(13,14)9-7-5-4-6-8(9)11-12/h4-7H,1-3H3. The van der Waals surface area contributed by atoms with Gasteiger partial charge in [-0.2, -0.15) is 0 Å². The molecule has 1 aromatic rings. The SMILES string of the molecule is CC(C)(C)S(=O)(=O)c1ccccc1I=O. The van der Waals surface area contributed by atoms with Crippen LogP contribution in [0.15, 0.2) is 29.2 Å². The molecule has 15 heavy (non-hydrogen) atoms. The first-order valence-electron chi connectivity index (χ1n) is 4.41. The van der Waals surface area contributed by atoms with Crippen LogP contribution in [0.1, 0.15) is 20.8 Å². The third-order valence-corrected chi connectivity index (χ3v) is 6.34. The predicted octanol–water partition coefficient (Wildman–Crippen LogP) is 2.74. The van der Waals surface area contributed by atoms with Crippen molar-refractivity contribution in [2.24, 2.45) is 0 Å². The van der Waals surface area contributed by atoms with Crippen molar-refractivity contribution in [1.29, 1.82) is 0 Å². The summed E-state index contributed by atoms with van der Waals surface area (Å²) in [5.74, 6) is 0. The van der Waals surface area contributed by atoms with E-state index in [1.807, 2.05) is 0 Å². The van der Waals surface area contributed by atoms with Crippen molar-refractivity contribution in [1.82, 2.24) is 0 Å². The molecular weight excluding hydrogens is 327 g/mol. The molecule has 5 heteroatoms. The topological polar surface area (TPSA) is 51.2 Å². The highest BCUT2D eigenvalue weighted by Gasteiger charge is 2.32. The van der Waals surface area contributed by atoms with Gasteiger partial charge < -0.3 is 0 Å². The minimum Gasteiger partial charge on any atom is -0.265 e. The Morgan fingerprint density at radius 3 is 2.13 bits per heavy atom. The Balaban J connectivity index is 3.47. The van der Waals surface area contributed by atoms with Crippen LogP contribution >= 0.6 is 21.2 Å². The summed E-state index contributed by atoms with van der Waals surface area (Å²) in [5.41, 5.74) is 0. The number of rotatable bonds is 2. The molecule has 0 radical (unpaired) electrons. The van der Waals surface area contributed by atoms with Crippen LogP contribution in [-0.4, -0.2) is 13.2 Å². The molecule has 0 saturated heterocycles. The highest BCUT2D eigenvalue weighted by molar-refractivity contribution is 14.1. The fourth-order valence-corrected chi connectivity index (χ4v) is 4.13. The van der Waals surface area contributed by atoms with Gasteiger partial charge in [0, 0.05) is 0 Å². The fraction of sp³-hybridized carbons (Fsp3) is 0.400. The highest BCUT2D eigenvalue weighted by Crippen LogP contribution is 2.29. The van der Waals surface area contributed by atoms with E-state index in [4.69, 9.17) is 0 Å². The molecule has 0 aliphatic rings. The van der Waals surface area contributed by atoms with Crippen LogP contribution < -0.4 is 0 Å². The molecule has 0 bridgehead atoms. The molecule has 0 aliphatic carbocycles. The normalized spacial score (nSPS) is 12.7. The molecule has 1 rings (SSSR count). The lowest BCUT2D eigenvalue weighted by Gasteiger charge is -2.19. The number of halogens is 1. The van der Waals surface area contributed by atoms with Crippen LogP contribution in [0.4, 0.5) is 0 Å². The van der Waals surface area contributed by atoms with Crippen LogP contribution in [0.3, 0.4) is 0 Å². The van der Waals surface area contributed by atoms with Crippen molar-refractivity contribution in [3.63, 3.8) is 0 Å². The lowest BCUT2D eigenvalue weighted by molar-refractivity contribution is 0.559. The fourth-order valence-electron chi connectivity index (χ4n) is 1.06. The molecule has 3 nitrogen and oxygen atoms in total. The van der Waals surface area contributed by atoms with E-state index in [-0.39, 0.29) is 4.90 Å². The van der Waals surface area contributed by atoms with Gasteiger partial charge in [0.2, 0.25) is 0 Å². The van der Waals surface area contributed by atoms with E-state index in [2.05, 4.69) is 0 Å². The van der Waals surface area contributed by atoms with Crippen molar-refractivity contribution in [3.05, 3.63) is 27.8 Å². The van der Waals surface area contributed by atoms with Crippen molar-refractivity contribution in [3.8, 4) is 0 Å². The van der Waals surface area contributed by atoms with Crippen LogP contribution in [0, 0.1) is 3.57 Å². The zero-order chi connectivity index (χ0) is 11.7. The molecule has 1 aromatic carbocycles. The molecule has 0 atom stereocenters. The minimum absolute atomic E-state index is 0.209. The number of benzene rings is 1. The molecule has 0 aliphatic heterocycles. The molecule has 0 spiro atoms. The van der Waals surface area contributed by atoms with Gasteiger partial charge in [0.15, 0.2) is 31.0 Å². The Kier molecular flexibility index (Phi) is 3.65. The van der Waals surface area contributed by atoms with Gasteiger partial charge in [0.25, 0.3) is 0 Å². The average molecular weight is 340 g/mol. The summed E-state index contributed by atoms with van der Waals surface area (Å²) >= 11 is -1.46. The molecule has 0 aromatic heterocycles. The van der Waals surface area contributed by atoms with Gasteiger partial charge in [0.05, 0.1) is 13.2 Å². The van der Waals surface area contributed by atoms with Gasteiger partial charge in [-0.3, -0.25) is 3.07 Å². The van der Waals surface area contributed by atoms with Crippen molar-refractivity contribution < 1.29 is 11.5 Å². The molecule has 0 heterocycles. The number of hydrogen-bond acceptors (Lipinski definition) is 3. The maximum Gasteiger partial charge on any atom is 0.184 e. The van der Waals surface area contributed by atoms with Gasteiger partial charge in [-0.25, -0.2) is 8.42 Å². The molecule has 0 amide bonds. The summed E-state index contributed by atoms with van der Waals surface area (Å²) in [6, 6.07) is 6.49. The van der Waals surface area contributed by atoms with Gasteiger partial charge in [0.1, 0.15) is 0 Å². The number of hydrogen-bond donors (Lipinski definition) is 0. The second-order valence-corrected chi connectivity index (χ2v) is 8.40. The molecule has 0 N–H and O–H groups in total. The molecule has 0 saturated carbocycles. The molecular formula is C10H13IO3S. The molecule has 0 unspecified atom stereocenters. The Labute approximate surface area is 100 Å². The van der Waals surface area contributed by atoms with Gasteiger partial charge in [-0.15, -0.1) is 0 Å². The summed E-state index contributed by atoms with van der Waals surface area (Å²) in [6.07, 6.45) is 0. The van der Waals surface area contributed by atoms with Crippen LogP contribution in [0.25, 0.3) is 0 Å². The van der Waals surface area contributed by atoms with E-state index in [1.165, 1.54) is 6.07 Å². The summed E-state index contributed by atoms with van der Waals surface area (Å²) in [6.45, 7) is 4.92. The van der Waals surface area contributed by atoms with E-state index in [9.17, 15) is 11.5 Å². The van der Waals surface area contributed by atoms with Crippen molar-refractivity contribution in [2.45, 2.75) is 30.4 Å². The van der Waals surface area contributed by atoms with E-state index >= 15 is 0 Å². The average Bonchev–Trinajstić information content (AvgIpc) is 2.16. The van der Waals surface area contributed by atoms with Gasteiger partial charge in [-0.05, 0) is 32.9 Å². The van der Waals surface area contributed by atoms with E-state index in [0.717, 1.165) is 0 Å². The first-order valence-corrected chi connectivity index (χ1v) is 7.85. The van der Waals surface area contributed by atoms with E-state index in [1.54, 1.807) is 39.0 Å². The summed E-state index contributed by atoms with van der Waals surface area (Å²) in [5, 5.41) is 0. The Hall–Kier alpha value is -0.300. The first-order chi connectivity index (χ1) is 6.80. The third kappa shape index (κ3) is 2.44.